The van der Waals surface area contributed by atoms with Crippen molar-refractivity contribution < 1.29 is 52.4 Å². The van der Waals surface area contributed by atoms with Crippen LogP contribution in [0.25, 0.3) is 0 Å². The first kappa shape index (κ1) is 54.5. The van der Waals surface area contributed by atoms with E-state index in [0.29, 0.717) is 52.2 Å². The van der Waals surface area contributed by atoms with Gasteiger partial charge in [-0.05, 0) is 43.2 Å². The van der Waals surface area contributed by atoms with Crippen LogP contribution in [0.5, 0.6) is 0 Å². The largest absolute Gasteiger partial charge is 0.462 e. The number of esters is 1. The number of likely N-dealkylation sites (tertiary alicyclic amines) is 1. The molecule has 9 atom stereocenters. The van der Waals surface area contributed by atoms with Crippen LogP contribution >= 0.6 is 0 Å². The number of hydrogen-bond donors (Lipinski definition) is 3. The zero-order valence-electron chi connectivity index (χ0n) is 39.6. The van der Waals surface area contributed by atoms with E-state index >= 15 is 0 Å². The Bertz CT molecular complexity index is 1480. The molecule has 354 valence electrons. The van der Waals surface area contributed by atoms with Crippen LogP contribution in [0.15, 0.2) is 30.3 Å². The molecule has 16 heteroatoms. The molecule has 1 fully saturated rings. The van der Waals surface area contributed by atoms with Crippen LogP contribution in [0.4, 0.5) is 0 Å². The molecule has 1 aromatic carbocycles. The molecule has 1 aliphatic rings. The van der Waals surface area contributed by atoms with E-state index in [4.69, 9.17) is 28.4 Å². The minimum atomic E-state index is -0.980. The summed E-state index contributed by atoms with van der Waals surface area (Å²) in [6.07, 6.45) is 0.880. The monoisotopic (exact) mass is 878 g/mol. The Morgan fingerprint density at radius 1 is 0.806 bits per heavy atom. The quantitative estimate of drug-likeness (QED) is 0.0760. The number of rotatable bonds is 30. The molecule has 4 amide bonds. The number of benzene rings is 1. The fourth-order valence-corrected chi connectivity index (χ4v) is 8.16. The highest BCUT2D eigenvalue weighted by molar-refractivity contribution is 5.90. The van der Waals surface area contributed by atoms with Crippen LogP contribution in [-0.2, 0) is 58.8 Å². The topological polar surface area (TPSA) is 183 Å². The van der Waals surface area contributed by atoms with Crippen LogP contribution in [0.3, 0.4) is 0 Å². The summed E-state index contributed by atoms with van der Waals surface area (Å²) in [5.74, 6) is -2.67. The Balaban J connectivity index is 2.22. The van der Waals surface area contributed by atoms with Crippen molar-refractivity contribution >= 4 is 29.6 Å². The van der Waals surface area contributed by atoms with Gasteiger partial charge in [-0.3, -0.25) is 19.2 Å². The van der Waals surface area contributed by atoms with E-state index in [0.717, 1.165) is 5.56 Å². The summed E-state index contributed by atoms with van der Waals surface area (Å²) in [5, 5.41) is 8.95. The summed E-state index contributed by atoms with van der Waals surface area (Å²) in [4.78, 5) is 72.6. The number of ether oxygens (including phenoxy) is 6. The van der Waals surface area contributed by atoms with E-state index in [1.54, 1.807) is 45.0 Å². The predicted molar refractivity (Wildman–Crippen MR) is 237 cm³/mol. The third-order valence-electron chi connectivity index (χ3n) is 11.9. The number of amides is 4. The van der Waals surface area contributed by atoms with Gasteiger partial charge < -0.3 is 54.2 Å². The standard InChI is InChI=1S/C46H79N5O11/c1-13-32(6)41(50(9)45(55)40(31(4)5)49-44(54)39(47-8)30(2)3)37(58-11)29-38(52)51-21-17-20-36(51)42(59-12)33(7)43(53)48-35(28-34-18-15-14-16-19-34)46(56)62-27-26-61-25-24-60-23-22-57-10/h14-16,18-19,30-33,35-37,39-42,47H,13,17,20-29H2,1-12H3,(H,48,53)(H,49,54)/t32-,33+,35+,36-,37+,39-,40-,41?,42+/m0/s1. The lowest BCUT2D eigenvalue weighted by molar-refractivity contribution is -0.151. The van der Waals surface area contributed by atoms with Crippen molar-refractivity contribution in [2.75, 3.05) is 81.6 Å². The summed E-state index contributed by atoms with van der Waals surface area (Å²) in [7, 11) is 8.11. The van der Waals surface area contributed by atoms with E-state index in [2.05, 4.69) is 16.0 Å². The average Bonchev–Trinajstić information content (AvgIpc) is 3.74. The molecule has 1 heterocycles. The molecule has 1 aliphatic heterocycles. The van der Waals surface area contributed by atoms with Crippen LogP contribution in [-0.4, -0.2) is 163 Å². The Morgan fingerprint density at radius 3 is 1.97 bits per heavy atom. The number of likely N-dealkylation sites (N-methyl/N-ethyl adjacent to an activating group) is 2. The third-order valence-corrected chi connectivity index (χ3v) is 11.9. The highest BCUT2D eigenvalue weighted by Crippen LogP contribution is 2.30. The lowest BCUT2D eigenvalue weighted by Gasteiger charge is -2.41. The first-order valence-corrected chi connectivity index (χ1v) is 22.3. The first-order valence-electron chi connectivity index (χ1n) is 22.3. The Morgan fingerprint density at radius 2 is 1.42 bits per heavy atom. The maximum Gasteiger partial charge on any atom is 0.329 e. The molecule has 1 aromatic rings. The fraction of sp³-hybridized carbons (Fsp3) is 0.761. The van der Waals surface area contributed by atoms with Crippen molar-refractivity contribution in [1.82, 2.24) is 25.8 Å². The molecule has 0 radical (unpaired) electrons. The maximum absolute atomic E-state index is 14.3. The smallest absolute Gasteiger partial charge is 0.329 e. The number of hydrogen-bond acceptors (Lipinski definition) is 12. The molecular formula is C46H79N5O11. The average molecular weight is 878 g/mol. The molecule has 1 unspecified atom stereocenters. The van der Waals surface area contributed by atoms with Gasteiger partial charge in [0.15, 0.2) is 0 Å². The summed E-state index contributed by atoms with van der Waals surface area (Å²) < 4.78 is 33.4. The summed E-state index contributed by atoms with van der Waals surface area (Å²) in [5.41, 5.74) is 0.844. The van der Waals surface area contributed by atoms with Crippen LogP contribution in [0.2, 0.25) is 0 Å². The zero-order valence-corrected chi connectivity index (χ0v) is 39.6. The molecule has 0 saturated carbocycles. The predicted octanol–water partition coefficient (Wildman–Crippen LogP) is 3.24. The SMILES string of the molecule is CC[C@H](C)C([C@@H](CC(=O)N1CCC[C@H]1[C@H](OC)[C@@H](C)C(=O)N[C@H](Cc1ccccc1)C(=O)OCCOCCOCCOC)OC)N(C)C(=O)[C@@H](NC(=O)[C@@H](NC)C(C)C)C(C)C. The van der Waals surface area contributed by atoms with Crippen LogP contribution in [0.1, 0.15) is 79.7 Å². The van der Waals surface area contributed by atoms with Gasteiger partial charge >= 0.3 is 5.97 Å². The van der Waals surface area contributed by atoms with E-state index in [-0.39, 0.29) is 61.5 Å². The zero-order chi connectivity index (χ0) is 46.4. The molecular weight excluding hydrogens is 799 g/mol. The third kappa shape index (κ3) is 16.8. The van der Waals surface area contributed by atoms with E-state index in [9.17, 15) is 24.0 Å². The molecule has 0 aliphatic carbocycles. The second-order valence-corrected chi connectivity index (χ2v) is 17.0. The van der Waals surface area contributed by atoms with Crippen molar-refractivity contribution in [2.45, 2.75) is 123 Å². The van der Waals surface area contributed by atoms with Crippen molar-refractivity contribution in [3.63, 3.8) is 0 Å². The normalized spacial score (nSPS) is 18.0. The minimum absolute atomic E-state index is 0.00202. The number of methoxy groups -OCH3 is 3. The molecule has 16 nitrogen and oxygen atoms in total. The van der Waals surface area contributed by atoms with Gasteiger partial charge in [0, 0.05) is 41.3 Å². The highest BCUT2D eigenvalue weighted by atomic mass is 16.6. The van der Waals surface area contributed by atoms with Gasteiger partial charge in [-0.1, -0.05) is 85.2 Å². The second kappa shape index (κ2) is 28.9. The summed E-state index contributed by atoms with van der Waals surface area (Å²) in [6.45, 7) is 15.8. The van der Waals surface area contributed by atoms with Gasteiger partial charge in [0.25, 0.3) is 0 Å². The van der Waals surface area contributed by atoms with Crippen molar-refractivity contribution in [1.29, 1.82) is 0 Å². The number of nitrogens with zero attached hydrogens (tertiary/aromatic N) is 2. The van der Waals surface area contributed by atoms with E-state index < -0.39 is 60.2 Å². The summed E-state index contributed by atoms with van der Waals surface area (Å²) in [6, 6.07) is 6.22. The van der Waals surface area contributed by atoms with Crippen molar-refractivity contribution in [3.05, 3.63) is 35.9 Å². The minimum Gasteiger partial charge on any atom is -0.462 e. The van der Waals surface area contributed by atoms with Crippen LogP contribution in [0, 0.1) is 23.7 Å². The molecule has 0 aromatic heterocycles. The lowest BCUT2D eigenvalue weighted by atomic mass is 9.89. The maximum atomic E-state index is 14.3. The second-order valence-electron chi connectivity index (χ2n) is 17.0. The van der Waals surface area contributed by atoms with E-state index in [1.165, 1.54) is 7.11 Å². The number of carbonyl (C=O) groups excluding carboxylic acids is 5. The highest BCUT2D eigenvalue weighted by Gasteiger charge is 2.43. The fourth-order valence-electron chi connectivity index (χ4n) is 8.16. The van der Waals surface area contributed by atoms with Gasteiger partial charge in [-0.2, -0.15) is 0 Å². The molecule has 2 rings (SSSR count). The Labute approximate surface area is 371 Å². The number of nitrogens with one attached hydrogen (secondary N) is 3. The molecule has 3 N–H and O–H groups in total. The van der Waals surface area contributed by atoms with Gasteiger partial charge in [0.2, 0.25) is 23.6 Å². The molecule has 62 heavy (non-hydrogen) atoms. The van der Waals surface area contributed by atoms with Gasteiger partial charge in [0.05, 0.1) is 75.7 Å². The van der Waals surface area contributed by atoms with Gasteiger partial charge in [0.1, 0.15) is 18.7 Å². The van der Waals surface area contributed by atoms with E-state index in [1.807, 2.05) is 71.9 Å². The molecule has 0 bridgehead atoms. The lowest BCUT2D eigenvalue weighted by Crippen LogP contribution is -2.59. The Hall–Kier alpha value is -3.67. The van der Waals surface area contributed by atoms with Gasteiger partial charge in [-0.15, -0.1) is 0 Å². The van der Waals surface area contributed by atoms with Crippen molar-refractivity contribution in [2.24, 2.45) is 23.7 Å². The van der Waals surface area contributed by atoms with Crippen molar-refractivity contribution in [3.8, 4) is 0 Å². The Kier molecular flexibility index (Phi) is 25.4. The molecule has 1 saturated heterocycles. The number of carbonyl (C=O) groups is 5. The van der Waals surface area contributed by atoms with Crippen LogP contribution < -0.4 is 16.0 Å². The molecule has 0 spiro atoms. The first-order chi connectivity index (χ1) is 29.6. The summed E-state index contributed by atoms with van der Waals surface area (Å²) >= 11 is 0. The van der Waals surface area contributed by atoms with Gasteiger partial charge in [-0.25, -0.2) is 4.79 Å².